The van der Waals surface area contributed by atoms with Crippen LogP contribution in [0.2, 0.25) is 0 Å². The quantitative estimate of drug-likeness (QED) is 0.668. The molecule has 1 N–H and O–H groups in total. The van der Waals surface area contributed by atoms with Crippen molar-refractivity contribution in [2.24, 2.45) is 5.92 Å². The van der Waals surface area contributed by atoms with E-state index < -0.39 is 4.92 Å². The average Bonchev–Trinajstić information content (AvgIpc) is 2.75. The number of carbonyl (C=O) groups is 1. The number of nitrogens with zero attached hydrogens (tertiary/aromatic N) is 2. The third kappa shape index (κ3) is 3.21. The van der Waals surface area contributed by atoms with E-state index in [1.165, 1.54) is 12.1 Å². The standard InChI is InChI=1S/C15H21N3O3/c1-4-13-15(19)17(9-10(2)3)14(16-13)11-5-7-12(8-6-11)18(20)21/h5-8,10,13-14,16H,4,9H2,1-3H3. The fourth-order valence-electron chi connectivity index (χ4n) is 2.61. The van der Waals surface area contributed by atoms with Gasteiger partial charge in [-0.3, -0.25) is 20.2 Å². The zero-order valence-corrected chi connectivity index (χ0v) is 12.6. The molecule has 1 saturated heterocycles. The molecule has 6 nitrogen and oxygen atoms in total. The predicted octanol–water partition coefficient (Wildman–Crippen LogP) is 2.46. The first kappa shape index (κ1) is 15.4. The summed E-state index contributed by atoms with van der Waals surface area (Å²) in [5.74, 6) is 0.474. The van der Waals surface area contributed by atoms with Gasteiger partial charge in [0, 0.05) is 18.7 Å². The van der Waals surface area contributed by atoms with E-state index in [0.717, 1.165) is 12.0 Å². The van der Waals surface area contributed by atoms with Gasteiger partial charge in [0.2, 0.25) is 5.91 Å². The molecule has 0 spiro atoms. The fraction of sp³-hybridized carbons (Fsp3) is 0.533. The average molecular weight is 291 g/mol. The van der Waals surface area contributed by atoms with Crippen molar-refractivity contribution in [1.82, 2.24) is 10.2 Å². The lowest BCUT2D eigenvalue weighted by atomic mass is 10.1. The van der Waals surface area contributed by atoms with E-state index in [1.807, 2.05) is 11.8 Å². The summed E-state index contributed by atoms with van der Waals surface area (Å²) in [4.78, 5) is 24.5. The minimum Gasteiger partial charge on any atom is -0.321 e. The molecule has 1 aliphatic rings. The molecule has 2 atom stereocenters. The number of nitrogens with one attached hydrogen (secondary N) is 1. The minimum atomic E-state index is -0.419. The summed E-state index contributed by atoms with van der Waals surface area (Å²) in [6.07, 6.45) is 0.530. The smallest absolute Gasteiger partial charge is 0.269 e. The SMILES string of the molecule is CCC1NC(c2ccc([N+](=O)[O-])cc2)N(CC(C)C)C1=O. The zero-order valence-electron chi connectivity index (χ0n) is 12.6. The van der Waals surface area contributed by atoms with Crippen molar-refractivity contribution in [2.75, 3.05) is 6.54 Å². The molecule has 1 heterocycles. The Labute approximate surface area is 124 Å². The van der Waals surface area contributed by atoms with Crippen molar-refractivity contribution in [1.29, 1.82) is 0 Å². The van der Waals surface area contributed by atoms with Gasteiger partial charge in [0.05, 0.1) is 11.0 Å². The van der Waals surface area contributed by atoms with E-state index in [9.17, 15) is 14.9 Å². The van der Waals surface area contributed by atoms with E-state index in [1.54, 1.807) is 12.1 Å². The maximum Gasteiger partial charge on any atom is 0.269 e. The summed E-state index contributed by atoms with van der Waals surface area (Å²) >= 11 is 0. The lowest BCUT2D eigenvalue weighted by molar-refractivity contribution is -0.384. The third-order valence-corrected chi connectivity index (χ3v) is 3.64. The van der Waals surface area contributed by atoms with Crippen LogP contribution in [0.15, 0.2) is 24.3 Å². The molecule has 0 radical (unpaired) electrons. The van der Waals surface area contributed by atoms with Gasteiger partial charge < -0.3 is 4.90 Å². The largest absolute Gasteiger partial charge is 0.321 e. The first-order valence-corrected chi connectivity index (χ1v) is 7.25. The molecule has 0 aromatic heterocycles. The molecular weight excluding hydrogens is 270 g/mol. The van der Waals surface area contributed by atoms with Crippen LogP contribution in [0.3, 0.4) is 0 Å². The second-order valence-corrected chi connectivity index (χ2v) is 5.76. The Morgan fingerprint density at radius 3 is 2.43 bits per heavy atom. The molecule has 2 rings (SSSR count). The molecule has 1 aromatic rings. The molecule has 1 fully saturated rings. The van der Waals surface area contributed by atoms with Crippen LogP contribution < -0.4 is 5.32 Å². The van der Waals surface area contributed by atoms with Crippen LogP contribution in [0.25, 0.3) is 0 Å². The van der Waals surface area contributed by atoms with E-state index in [0.29, 0.717) is 12.5 Å². The second kappa shape index (κ2) is 6.22. The van der Waals surface area contributed by atoms with Crippen LogP contribution >= 0.6 is 0 Å². The first-order valence-electron chi connectivity index (χ1n) is 7.25. The Hall–Kier alpha value is -1.95. The Kier molecular flexibility index (Phi) is 4.57. The number of benzene rings is 1. The normalized spacial score (nSPS) is 22.1. The summed E-state index contributed by atoms with van der Waals surface area (Å²) in [5, 5.41) is 14.0. The number of nitro groups is 1. The number of hydrogen-bond donors (Lipinski definition) is 1. The third-order valence-electron chi connectivity index (χ3n) is 3.64. The predicted molar refractivity (Wildman–Crippen MR) is 79.6 cm³/mol. The van der Waals surface area contributed by atoms with Crippen molar-refractivity contribution >= 4 is 11.6 Å². The number of hydrogen-bond acceptors (Lipinski definition) is 4. The Balaban J connectivity index is 2.26. The molecule has 0 bridgehead atoms. The number of nitro benzene ring substituents is 1. The molecule has 0 saturated carbocycles. The van der Waals surface area contributed by atoms with Gasteiger partial charge in [-0.05, 0) is 30.0 Å². The number of carbonyl (C=O) groups excluding carboxylic acids is 1. The van der Waals surface area contributed by atoms with Gasteiger partial charge in [0.25, 0.3) is 5.69 Å². The summed E-state index contributed by atoms with van der Waals surface area (Å²) in [5.41, 5.74) is 0.941. The van der Waals surface area contributed by atoms with Gasteiger partial charge in [0.15, 0.2) is 0 Å². The van der Waals surface area contributed by atoms with Crippen LogP contribution in [0, 0.1) is 16.0 Å². The van der Waals surface area contributed by atoms with Gasteiger partial charge in [-0.15, -0.1) is 0 Å². The highest BCUT2D eigenvalue weighted by Crippen LogP contribution is 2.28. The van der Waals surface area contributed by atoms with Gasteiger partial charge in [-0.1, -0.05) is 20.8 Å². The molecule has 21 heavy (non-hydrogen) atoms. The highest BCUT2D eigenvalue weighted by Gasteiger charge is 2.38. The highest BCUT2D eigenvalue weighted by molar-refractivity contribution is 5.84. The zero-order chi connectivity index (χ0) is 15.6. The lowest BCUT2D eigenvalue weighted by Crippen LogP contribution is -2.34. The van der Waals surface area contributed by atoms with Crippen molar-refractivity contribution in [3.8, 4) is 0 Å². The van der Waals surface area contributed by atoms with Gasteiger partial charge in [0.1, 0.15) is 6.17 Å². The summed E-state index contributed by atoms with van der Waals surface area (Å²) < 4.78 is 0. The van der Waals surface area contributed by atoms with Crippen LogP contribution in [0.1, 0.15) is 38.9 Å². The summed E-state index contributed by atoms with van der Waals surface area (Å²) in [7, 11) is 0. The van der Waals surface area contributed by atoms with Gasteiger partial charge >= 0.3 is 0 Å². The summed E-state index contributed by atoms with van der Waals surface area (Å²) in [6.45, 7) is 6.78. The molecule has 6 heteroatoms. The molecule has 1 aromatic carbocycles. The molecule has 2 unspecified atom stereocenters. The topological polar surface area (TPSA) is 75.5 Å². The number of non-ortho nitro benzene ring substituents is 1. The maximum absolute atomic E-state index is 12.4. The lowest BCUT2D eigenvalue weighted by Gasteiger charge is -2.26. The Morgan fingerprint density at radius 1 is 1.33 bits per heavy atom. The highest BCUT2D eigenvalue weighted by atomic mass is 16.6. The van der Waals surface area contributed by atoms with Crippen molar-refractivity contribution in [3.63, 3.8) is 0 Å². The molecule has 1 amide bonds. The van der Waals surface area contributed by atoms with Gasteiger partial charge in [-0.25, -0.2) is 0 Å². The molecular formula is C15H21N3O3. The van der Waals surface area contributed by atoms with Gasteiger partial charge in [-0.2, -0.15) is 0 Å². The van der Waals surface area contributed by atoms with E-state index in [4.69, 9.17) is 0 Å². The molecule has 114 valence electrons. The van der Waals surface area contributed by atoms with Crippen molar-refractivity contribution < 1.29 is 9.72 Å². The number of amides is 1. The van der Waals surface area contributed by atoms with E-state index in [2.05, 4.69) is 19.2 Å². The van der Waals surface area contributed by atoms with Crippen LogP contribution in [-0.2, 0) is 4.79 Å². The molecule has 1 aliphatic heterocycles. The second-order valence-electron chi connectivity index (χ2n) is 5.76. The van der Waals surface area contributed by atoms with E-state index >= 15 is 0 Å². The van der Waals surface area contributed by atoms with Crippen molar-refractivity contribution in [2.45, 2.75) is 39.4 Å². The van der Waals surface area contributed by atoms with Crippen LogP contribution in [-0.4, -0.2) is 28.3 Å². The van der Waals surface area contributed by atoms with Crippen molar-refractivity contribution in [3.05, 3.63) is 39.9 Å². The summed E-state index contributed by atoms with van der Waals surface area (Å²) in [6, 6.07) is 6.22. The number of rotatable bonds is 5. The Bertz CT molecular complexity index is 527. The van der Waals surface area contributed by atoms with Crippen LogP contribution in [0.4, 0.5) is 5.69 Å². The molecule has 0 aliphatic carbocycles. The van der Waals surface area contributed by atoms with E-state index in [-0.39, 0.29) is 23.8 Å². The first-order chi connectivity index (χ1) is 9.93. The Morgan fingerprint density at radius 2 is 1.95 bits per heavy atom. The fourth-order valence-corrected chi connectivity index (χ4v) is 2.61. The monoisotopic (exact) mass is 291 g/mol. The minimum absolute atomic E-state index is 0.0607. The van der Waals surface area contributed by atoms with Crippen LogP contribution in [0.5, 0.6) is 0 Å². The maximum atomic E-state index is 12.4.